The number of likely N-dealkylation sites (N-methyl/N-ethyl adjacent to an activating group) is 1. The number of aliphatic hydroxyl groups excluding tert-OH is 1. The molecule has 0 spiro atoms. The molecule has 1 aliphatic heterocycles. The SMILES string of the molecule is CCN(CC)C(C)CNC(=O)c1cc(-c2cnn(C)c2N=C(C)c2cccs2)nc(N2CCOC(CO)C2)c1. The molecular formula is C28H39N7O3S. The summed E-state index contributed by atoms with van der Waals surface area (Å²) in [6, 6.07) is 7.88. The minimum absolute atomic E-state index is 0.0732. The van der Waals surface area contributed by atoms with Gasteiger partial charge in [-0.3, -0.25) is 14.4 Å². The summed E-state index contributed by atoms with van der Waals surface area (Å²) in [6.45, 7) is 12.2. The summed E-state index contributed by atoms with van der Waals surface area (Å²) < 4.78 is 7.37. The summed E-state index contributed by atoms with van der Waals surface area (Å²) >= 11 is 1.63. The second-order valence-electron chi connectivity index (χ2n) is 9.68. The molecule has 1 fully saturated rings. The van der Waals surface area contributed by atoms with Gasteiger partial charge in [-0.25, -0.2) is 9.98 Å². The molecule has 3 aromatic rings. The first-order valence-corrected chi connectivity index (χ1v) is 14.4. The maximum Gasteiger partial charge on any atom is 0.251 e. The van der Waals surface area contributed by atoms with E-state index in [0.29, 0.717) is 49.1 Å². The highest BCUT2D eigenvalue weighted by Crippen LogP contribution is 2.32. The standard InChI is InChI=1S/C28H39N7O3S/c1-6-34(7-2)19(3)15-29-28(37)21-13-24(32-26(14-21)35-10-11-38-22(17-35)18-36)23-16-30-33(5)27(23)31-20(4)25-9-8-12-39-25/h8-9,12-14,16,19,22,36H,6-7,10-11,15,17-18H2,1-5H3,(H,29,37). The number of rotatable bonds is 11. The van der Waals surface area contributed by atoms with E-state index < -0.39 is 0 Å². The van der Waals surface area contributed by atoms with Crippen LogP contribution in [0.15, 0.2) is 40.8 Å². The minimum atomic E-state index is -0.302. The molecule has 0 radical (unpaired) electrons. The van der Waals surface area contributed by atoms with Gasteiger partial charge >= 0.3 is 0 Å². The molecular weight excluding hydrogens is 514 g/mol. The van der Waals surface area contributed by atoms with E-state index in [4.69, 9.17) is 14.7 Å². The lowest BCUT2D eigenvalue weighted by atomic mass is 10.1. The third-order valence-electron chi connectivity index (χ3n) is 7.07. The van der Waals surface area contributed by atoms with Crippen molar-refractivity contribution in [3.8, 4) is 11.3 Å². The minimum Gasteiger partial charge on any atom is -0.394 e. The van der Waals surface area contributed by atoms with E-state index in [9.17, 15) is 9.90 Å². The van der Waals surface area contributed by atoms with Crippen LogP contribution in [0.4, 0.5) is 11.6 Å². The molecule has 10 nitrogen and oxygen atoms in total. The van der Waals surface area contributed by atoms with E-state index in [1.54, 1.807) is 28.3 Å². The van der Waals surface area contributed by atoms with Gasteiger partial charge in [0.15, 0.2) is 5.82 Å². The van der Waals surface area contributed by atoms with Crippen molar-refractivity contribution in [3.63, 3.8) is 0 Å². The summed E-state index contributed by atoms with van der Waals surface area (Å²) in [7, 11) is 1.85. The monoisotopic (exact) mass is 553 g/mol. The highest BCUT2D eigenvalue weighted by atomic mass is 32.1. The molecule has 0 bridgehead atoms. The summed E-state index contributed by atoms with van der Waals surface area (Å²) in [5.41, 5.74) is 2.76. The fourth-order valence-electron chi connectivity index (χ4n) is 4.75. The maximum absolute atomic E-state index is 13.4. The van der Waals surface area contributed by atoms with Crippen molar-refractivity contribution in [3.05, 3.63) is 46.3 Å². The topological polar surface area (TPSA) is 108 Å². The maximum atomic E-state index is 13.4. The number of aryl methyl sites for hydroxylation is 1. The first kappa shape index (κ1) is 28.9. The Morgan fingerprint density at radius 3 is 2.85 bits per heavy atom. The highest BCUT2D eigenvalue weighted by Gasteiger charge is 2.24. The van der Waals surface area contributed by atoms with Gasteiger partial charge in [-0.1, -0.05) is 19.9 Å². The van der Waals surface area contributed by atoms with Gasteiger partial charge in [-0.15, -0.1) is 11.3 Å². The lowest BCUT2D eigenvalue weighted by Crippen LogP contribution is -2.44. The number of aromatic nitrogens is 3. The first-order chi connectivity index (χ1) is 18.8. The van der Waals surface area contributed by atoms with Gasteiger partial charge in [-0.2, -0.15) is 5.10 Å². The Morgan fingerprint density at radius 1 is 1.36 bits per heavy atom. The zero-order chi connectivity index (χ0) is 27.9. The summed E-state index contributed by atoms with van der Waals surface area (Å²) in [4.78, 5) is 28.7. The van der Waals surface area contributed by atoms with Gasteiger partial charge in [-0.05, 0) is 50.5 Å². The van der Waals surface area contributed by atoms with Crippen LogP contribution in [0.2, 0.25) is 0 Å². The van der Waals surface area contributed by atoms with Gasteiger partial charge in [0.1, 0.15) is 5.82 Å². The Balaban J connectivity index is 1.71. The van der Waals surface area contributed by atoms with Crippen LogP contribution >= 0.6 is 11.3 Å². The predicted molar refractivity (Wildman–Crippen MR) is 156 cm³/mol. The lowest BCUT2D eigenvalue weighted by Gasteiger charge is -2.33. The van der Waals surface area contributed by atoms with Crippen molar-refractivity contribution in [1.82, 2.24) is 25.0 Å². The second-order valence-corrected chi connectivity index (χ2v) is 10.6. The van der Waals surface area contributed by atoms with E-state index in [2.05, 4.69) is 41.0 Å². The fraction of sp³-hybridized carbons (Fsp3) is 0.500. The number of carbonyl (C=O) groups excluding carboxylic acids is 1. The second kappa shape index (κ2) is 13.3. The van der Waals surface area contributed by atoms with Crippen molar-refractivity contribution >= 4 is 34.6 Å². The van der Waals surface area contributed by atoms with Crippen molar-refractivity contribution in [2.75, 3.05) is 50.8 Å². The molecule has 3 aromatic heterocycles. The predicted octanol–water partition coefficient (Wildman–Crippen LogP) is 3.34. The van der Waals surface area contributed by atoms with Crippen molar-refractivity contribution in [1.29, 1.82) is 0 Å². The first-order valence-electron chi connectivity index (χ1n) is 13.5. The number of nitrogens with zero attached hydrogens (tertiary/aromatic N) is 6. The third kappa shape index (κ3) is 6.91. The highest BCUT2D eigenvalue weighted by molar-refractivity contribution is 7.12. The molecule has 2 atom stereocenters. The zero-order valence-electron chi connectivity index (χ0n) is 23.4. The van der Waals surface area contributed by atoms with Gasteiger partial charge in [0.25, 0.3) is 5.91 Å². The van der Waals surface area contributed by atoms with Crippen molar-refractivity contribution in [2.45, 2.75) is 39.8 Å². The van der Waals surface area contributed by atoms with Crippen LogP contribution in [0.1, 0.15) is 42.9 Å². The molecule has 1 saturated heterocycles. The van der Waals surface area contributed by atoms with E-state index in [1.807, 2.05) is 37.6 Å². The molecule has 0 saturated carbocycles. The van der Waals surface area contributed by atoms with Crippen LogP contribution in [-0.2, 0) is 11.8 Å². The largest absolute Gasteiger partial charge is 0.394 e. The average Bonchev–Trinajstić information content (AvgIpc) is 3.63. The third-order valence-corrected chi connectivity index (χ3v) is 8.05. The Labute approximate surface area is 234 Å². The average molecular weight is 554 g/mol. The number of hydrogen-bond donors (Lipinski definition) is 2. The number of aliphatic imine (C=N–C) groups is 1. The van der Waals surface area contributed by atoms with Crippen LogP contribution < -0.4 is 10.2 Å². The molecule has 0 aliphatic carbocycles. The number of thiophene rings is 1. The van der Waals surface area contributed by atoms with Crippen LogP contribution in [0.25, 0.3) is 11.3 Å². The van der Waals surface area contributed by atoms with Gasteiger partial charge in [0.2, 0.25) is 0 Å². The molecule has 1 aliphatic rings. The summed E-state index contributed by atoms with van der Waals surface area (Å²) in [5.74, 6) is 1.17. The molecule has 4 rings (SSSR count). The summed E-state index contributed by atoms with van der Waals surface area (Å²) in [5, 5.41) is 19.3. The lowest BCUT2D eigenvalue weighted by molar-refractivity contribution is 0.00336. The number of carbonyl (C=O) groups is 1. The molecule has 0 aromatic carbocycles. The van der Waals surface area contributed by atoms with Gasteiger partial charge in [0.05, 0.1) is 42.5 Å². The molecule has 2 N–H and O–H groups in total. The number of aliphatic hydroxyl groups is 1. The Kier molecular flexibility index (Phi) is 9.84. The van der Waals surface area contributed by atoms with Crippen LogP contribution in [0, 0.1) is 0 Å². The number of amides is 1. The Morgan fingerprint density at radius 2 is 2.15 bits per heavy atom. The smallest absolute Gasteiger partial charge is 0.251 e. The van der Waals surface area contributed by atoms with Crippen LogP contribution in [-0.4, -0.2) is 94.5 Å². The Bertz CT molecular complexity index is 1270. The molecule has 210 valence electrons. The van der Waals surface area contributed by atoms with E-state index in [-0.39, 0.29) is 24.7 Å². The number of pyridine rings is 1. The molecule has 2 unspecified atom stereocenters. The molecule has 4 heterocycles. The van der Waals surface area contributed by atoms with Gasteiger partial charge in [0, 0.05) is 43.2 Å². The quantitative estimate of drug-likeness (QED) is 0.351. The molecule has 11 heteroatoms. The number of hydrogen-bond acceptors (Lipinski definition) is 9. The van der Waals surface area contributed by atoms with Crippen LogP contribution in [0.5, 0.6) is 0 Å². The molecule has 1 amide bonds. The Hall–Kier alpha value is -3.12. The number of morpholine rings is 1. The zero-order valence-corrected chi connectivity index (χ0v) is 24.2. The fourth-order valence-corrected chi connectivity index (χ4v) is 5.42. The van der Waals surface area contributed by atoms with E-state index in [1.165, 1.54) is 0 Å². The van der Waals surface area contributed by atoms with Crippen molar-refractivity contribution < 1.29 is 14.6 Å². The number of ether oxygens (including phenoxy) is 1. The molecule has 39 heavy (non-hydrogen) atoms. The van der Waals surface area contributed by atoms with E-state index >= 15 is 0 Å². The van der Waals surface area contributed by atoms with Gasteiger partial charge < -0.3 is 20.1 Å². The number of nitrogens with one attached hydrogen (secondary N) is 1. The normalized spacial score (nSPS) is 17.1. The number of anilines is 1. The summed E-state index contributed by atoms with van der Waals surface area (Å²) in [6.07, 6.45) is 1.44. The van der Waals surface area contributed by atoms with E-state index in [0.717, 1.165) is 29.2 Å². The van der Waals surface area contributed by atoms with Crippen molar-refractivity contribution in [2.24, 2.45) is 12.0 Å². The van der Waals surface area contributed by atoms with Crippen LogP contribution in [0.3, 0.4) is 0 Å².